The molecule has 1 amide bonds. The summed E-state index contributed by atoms with van der Waals surface area (Å²) in [4.78, 5) is 11.8. The van der Waals surface area contributed by atoms with Crippen LogP contribution in [0.1, 0.15) is 15.9 Å². The number of carbonyl (C=O) groups excluding carboxylic acids is 1. The normalized spacial score (nSPS) is 10.6. The van der Waals surface area contributed by atoms with Gasteiger partial charge in [-0.25, -0.2) is 5.43 Å². The fourth-order valence-electron chi connectivity index (χ4n) is 1.50. The van der Waals surface area contributed by atoms with E-state index in [1.54, 1.807) is 30.5 Å². The van der Waals surface area contributed by atoms with E-state index in [2.05, 4.69) is 26.5 Å². The maximum atomic E-state index is 11.8. The van der Waals surface area contributed by atoms with Crippen molar-refractivity contribution in [3.63, 3.8) is 0 Å². The Balaban J connectivity index is 2.01. The second-order valence-electron chi connectivity index (χ2n) is 3.88. The van der Waals surface area contributed by atoms with Crippen molar-refractivity contribution in [2.24, 2.45) is 5.10 Å². The number of benzene rings is 2. The Morgan fingerprint density at radius 3 is 2.74 bits per heavy atom. The molecule has 3 N–H and O–H groups in total. The highest BCUT2D eigenvalue weighted by Gasteiger charge is 2.03. The van der Waals surface area contributed by atoms with E-state index >= 15 is 0 Å². The molecular formula is C14H12BrN3O. The minimum atomic E-state index is -0.293. The van der Waals surface area contributed by atoms with E-state index in [4.69, 9.17) is 5.73 Å². The monoisotopic (exact) mass is 317 g/mol. The molecule has 0 saturated heterocycles. The van der Waals surface area contributed by atoms with Crippen LogP contribution >= 0.6 is 15.9 Å². The molecule has 0 fully saturated rings. The lowest BCUT2D eigenvalue weighted by Crippen LogP contribution is -2.17. The van der Waals surface area contributed by atoms with E-state index < -0.39 is 0 Å². The number of amides is 1. The summed E-state index contributed by atoms with van der Waals surface area (Å²) in [6.07, 6.45) is 1.58. The van der Waals surface area contributed by atoms with E-state index in [1.165, 1.54) is 0 Å². The van der Waals surface area contributed by atoms with Crippen molar-refractivity contribution in [3.8, 4) is 0 Å². The van der Waals surface area contributed by atoms with Crippen molar-refractivity contribution in [3.05, 3.63) is 64.1 Å². The molecule has 0 atom stereocenters. The minimum Gasteiger partial charge on any atom is -0.399 e. The summed E-state index contributed by atoms with van der Waals surface area (Å²) in [5.74, 6) is -0.293. The fourth-order valence-corrected chi connectivity index (χ4v) is 1.91. The van der Waals surface area contributed by atoms with Crippen LogP contribution in [-0.2, 0) is 0 Å². The predicted octanol–water partition coefficient (Wildman–Crippen LogP) is 2.80. The molecule has 4 nitrogen and oxygen atoms in total. The number of carbonyl (C=O) groups is 1. The van der Waals surface area contributed by atoms with Crippen molar-refractivity contribution >= 4 is 33.7 Å². The molecule has 0 unspecified atom stereocenters. The van der Waals surface area contributed by atoms with Crippen molar-refractivity contribution in [1.29, 1.82) is 0 Å². The molecule has 2 aromatic rings. The van der Waals surface area contributed by atoms with Crippen LogP contribution in [0.5, 0.6) is 0 Å². The van der Waals surface area contributed by atoms with Gasteiger partial charge < -0.3 is 5.73 Å². The Morgan fingerprint density at radius 2 is 2.00 bits per heavy atom. The van der Waals surface area contributed by atoms with Crippen LogP contribution in [0.15, 0.2) is 58.1 Å². The number of nitrogens with zero attached hydrogens (tertiary/aromatic N) is 1. The Bertz CT molecular complexity index is 626. The summed E-state index contributed by atoms with van der Waals surface area (Å²) in [6, 6.07) is 14.3. The molecule has 0 aliphatic heterocycles. The second kappa shape index (κ2) is 6.15. The third kappa shape index (κ3) is 3.93. The number of hydrogen-bond donors (Lipinski definition) is 2. The van der Waals surface area contributed by atoms with Crippen LogP contribution in [0.3, 0.4) is 0 Å². The van der Waals surface area contributed by atoms with Gasteiger partial charge in [0.25, 0.3) is 5.91 Å². The smallest absolute Gasteiger partial charge is 0.271 e. The van der Waals surface area contributed by atoms with Crippen LogP contribution in [0.4, 0.5) is 5.69 Å². The molecule has 2 rings (SSSR count). The summed E-state index contributed by atoms with van der Waals surface area (Å²) in [5.41, 5.74) is 9.98. The average Bonchev–Trinajstić information content (AvgIpc) is 2.38. The van der Waals surface area contributed by atoms with Gasteiger partial charge in [0.05, 0.1) is 6.21 Å². The number of halogens is 1. The predicted molar refractivity (Wildman–Crippen MR) is 80.1 cm³/mol. The zero-order valence-corrected chi connectivity index (χ0v) is 11.6. The summed E-state index contributed by atoms with van der Waals surface area (Å²) in [6.45, 7) is 0. The molecule has 0 radical (unpaired) electrons. The highest BCUT2D eigenvalue weighted by Crippen LogP contribution is 2.10. The lowest BCUT2D eigenvalue weighted by Gasteiger charge is -2.00. The number of hydrazone groups is 1. The Hall–Kier alpha value is -2.14. The number of hydrogen-bond acceptors (Lipinski definition) is 3. The first kappa shape index (κ1) is 13.3. The molecule has 2 aromatic carbocycles. The number of nitrogen functional groups attached to an aromatic ring is 1. The number of anilines is 1. The number of rotatable bonds is 3. The lowest BCUT2D eigenvalue weighted by molar-refractivity contribution is 0.0955. The quantitative estimate of drug-likeness (QED) is 0.519. The SMILES string of the molecule is Nc1cccc(C(=O)N/N=C\c2cccc(Br)c2)c1. The van der Waals surface area contributed by atoms with E-state index in [0.29, 0.717) is 11.3 Å². The van der Waals surface area contributed by atoms with E-state index in [1.807, 2.05) is 24.3 Å². The average molecular weight is 318 g/mol. The van der Waals surface area contributed by atoms with Crippen LogP contribution in [-0.4, -0.2) is 12.1 Å². The van der Waals surface area contributed by atoms with Gasteiger partial charge in [0.1, 0.15) is 0 Å². The summed E-state index contributed by atoms with van der Waals surface area (Å²) >= 11 is 3.36. The van der Waals surface area contributed by atoms with Gasteiger partial charge in [-0.1, -0.05) is 34.1 Å². The third-order valence-corrected chi connectivity index (χ3v) is 2.87. The largest absolute Gasteiger partial charge is 0.399 e. The zero-order chi connectivity index (χ0) is 13.7. The fraction of sp³-hybridized carbons (Fsp3) is 0. The molecule has 0 spiro atoms. The molecule has 0 heterocycles. The van der Waals surface area contributed by atoms with Gasteiger partial charge in [-0.2, -0.15) is 5.10 Å². The zero-order valence-electron chi connectivity index (χ0n) is 10.0. The van der Waals surface area contributed by atoms with Crippen molar-refractivity contribution in [2.45, 2.75) is 0 Å². The molecule has 0 aliphatic rings. The molecular weight excluding hydrogens is 306 g/mol. The first-order valence-electron chi connectivity index (χ1n) is 5.59. The van der Waals surface area contributed by atoms with Crippen LogP contribution in [0, 0.1) is 0 Å². The van der Waals surface area contributed by atoms with Crippen molar-refractivity contribution in [1.82, 2.24) is 5.43 Å². The van der Waals surface area contributed by atoms with E-state index in [9.17, 15) is 4.79 Å². The highest BCUT2D eigenvalue weighted by atomic mass is 79.9. The van der Waals surface area contributed by atoms with Gasteiger partial charge in [-0.15, -0.1) is 0 Å². The molecule has 0 saturated carbocycles. The molecule has 19 heavy (non-hydrogen) atoms. The van der Waals surface area contributed by atoms with E-state index in [-0.39, 0.29) is 5.91 Å². The molecule has 0 aliphatic carbocycles. The van der Waals surface area contributed by atoms with Crippen LogP contribution < -0.4 is 11.2 Å². The molecule has 96 valence electrons. The Morgan fingerprint density at radius 1 is 1.21 bits per heavy atom. The standard InChI is InChI=1S/C14H12BrN3O/c15-12-5-1-3-10(7-12)9-17-18-14(19)11-4-2-6-13(16)8-11/h1-9H,16H2,(H,18,19)/b17-9-. The van der Waals surface area contributed by atoms with Crippen LogP contribution in [0.2, 0.25) is 0 Å². The van der Waals surface area contributed by atoms with Gasteiger partial charge in [-0.3, -0.25) is 4.79 Å². The van der Waals surface area contributed by atoms with Gasteiger partial charge in [-0.05, 0) is 35.9 Å². The molecule has 5 heteroatoms. The Labute approximate surface area is 119 Å². The Kier molecular flexibility index (Phi) is 4.30. The third-order valence-electron chi connectivity index (χ3n) is 2.38. The first-order chi connectivity index (χ1) is 9.15. The summed E-state index contributed by atoms with van der Waals surface area (Å²) in [7, 11) is 0. The van der Waals surface area contributed by atoms with Crippen molar-refractivity contribution in [2.75, 3.05) is 5.73 Å². The van der Waals surface area contributed by atoms with Gasteiger partial charge in [0, 0.05) is 15.7 Å². The maximum Gasteiger partial charge on any atom is 0.271 e. The highest BCUT2D eigenvalue weighted by molar-refractivity contribution is 9.10. The van der Waals surface area contributed by atoms with Crippen LogP contribution in [0.25, 0.3) is 0 Å². The van der Waals surface area contributed by atoms with Crippen molar-refractivity contribution < 1.29 is 4.79 Å². The molecule has 0 aromatic heterocycles. The minimum absolute atomic E-state index is 0.293. The van der Waals surface area contributed by atoms with Gasteiger partial charge >= 0.3 is 0 Å². The molecule has 0 bridgehead atoms. The van der Waals surface area contributed by atoms with Gasteiger partial charge in [0.15, 0.2) is 0 Å². The van der Waals surface area contributed by atoms with Gasteiger partial charge in [0.2, 0.25) is 0 Å². The lowest BCUT2D eigenvalue weighted by atomic mass is 10.2. The topological polar surface area (TPSA) is 67.5 Å². The summed E-state index contributed by atoms with van der Waals surface area (Å²) < 4.78 is 0.957. The first-order valence-corrected chi connectivity index (χ1v) is 6.39. The maximum absolute atomic E-state index is 11.8. The number of nitrogens with two attached hydrogens (primary N) is 1. The second-order valence-corrected chi connectivity index (χ2v) is 4.80. The summed E-state index contributed by atoms with van der Waals surface area (Å²) in [5, 5.41) is 3.90. The number of nitrogens with one attached hydrogen (secondary N) is 1. The van der Waals surface area contributed by atoms with E-state index in [0.717, 1.165) is 10.0 Å².